The van der Waals surface area contributed by atoms with Gasteiger partial charge in [-0.2, -0.15) is 0 Å². The van der Waals surface area contributed by atoms with Gasteiger partial charge in [0.15, 0.2) is 0 Å². The van der Waals surface area contributed by atoms with Crippen molar-refractivity contribution in [2.75, 3.05) is 6.54 Å². The third-order valence-electron chi connectivity index (χ3n) is 2.29. The number of furan rings is 1. The van der Waals surface area contributed by atoms with Crippen molar-refractivity contribution in [2.24, 2.45) is 5.92 Å². The highest BCUT2D eigenvalue weighted by Gasteiger charge is 2.12. The predicted molar refractivity (Wildman–Crippen MR) is 59.2 cm³/mol. The summed E-state index contributed by atoms with van der Waals surface area (Å²) in [5, 5.41) is 3.54. The molecule has 80 valence electrons. The van der Waals surface area contributed by atoms with Crippen LogP contribution in [0.2, 0.25) is 0 Å². The number of hydrogen-bond acceptors (Lipinski definition) is 2. The van der Waals surface area contributed by atoms with Crippen molar-refractivity contribution in [3.05, 3.63) is 24.2 Å². The molecule has 1 unspecified atom stereocenters. The predicted octanol–water partition coefficient (Wildman–Crippen LogP) is 3.37. The average molecular weight is 195 g/mol. The highest BCUT2D eigenvalue weighted by molar-refractivity contribution is 5.11. The summed E-state index contributed by atoms with van der Waals surface area (Å²) in [6.45, 7) is 7.76. The van der Waals surface area contributed by atoms with E-state index in [2.05, 4.69) is 32.2 Å². The van der Waals surface area contributed by atoms with Gasteiger partial charge in [-0.05, 0) is 31.4 Å². The van der Waals surface area contributed by atoms with Gasteiger partial charge < -0.3 is 9.73 Å². The molecule has 0 fully saturated rings. The molecule has 0 aliphatic carbocycles. The summed E-state index contributed by atoms with van der Waals surface area (Å²) in [5.41, 5.74) is 1.27. The van der Waals surface area contributed by atoms with Crippen molar-refractivity contribution in [3.8, 4) is 0 Å². The molecular weight excluding hydrogens is 174 g/mol. The molecule has 1 aromatic heterocycles. The first-order valence-electron chi connectivity index (χ1n) is 5.49. The number of hydrogen-bond donors (Lipinski definition) is 1. The van der Waals surface area contributed by atoms with Gasteiger partial charge in [0.05, 0.1) is 12.5 Å². The zero-order valence-electron chi connectivity index (χ0n) is 9.42. The first kappa shape index (κ1) is 11.3. The molecule has 0 aliphatic rings. The van der Waals surface area contributed by atoms with E-state index in [9.17, 15) is 0 Å². The maximum Gasteiger partial charge on any atom is 0.0950 e. The zero-order chi connectivity index (χ0) is 10.4. The molecule has 0 saturated heterocycles. The van der Waals surface area contributed by atoms with Crippen LogP contribution in [0.1, 0.15) is 45.2 Å². The molecule has 0 amide bonds. The largest absolute Gasteiger partial charge is 0.472 e. The molecule has 2 nitrogen and oxygen atoms in total. The molecule has 1 atom stereocenters. The van der Waals surface area contributed by atoms with E-state index in [1.807, 2.05) is 6.26 Å². The Kier molecular flexibility index (Phi) is 4.74. The van der Waals surface area contributed by atoms with Gasteiger partial charge in [0.25, 0.3) is 0 Å². The monoisotopic (exact) mass is 195 g/mol. The Morgan fingerprint density at radius 3 is 2.71 bits per heavy atom. The van der Waals surface area contributed by atoms with Crippen molar-refractivity contribution in [3.63, 3.8) is 0 Å². The minimum absolute atomic E-state index is 0.452. The van der Waals surface area contributed by atoms with E-state index in [-0.39, 0.29) is 0 Å². The van der Waals surface area contributed by atoms with Crippen LogP contribution in [-0.2, 0) is 0 Å². The highest BCUT2D eigenvalue weighted by Crippen LogP contribution is 2.21. The van der Waals surface area contributed by atoms with Gasteiger partial charge in [-0.25, -0.2) is 0 Å². The van der Waals surface area contributed by atoms with Crippen LogP contribution in [0.3, 0.4) is 0 Å². The van der Waals surface area contributed by atoms with Crippen molar-refractivity contribution < 1.29 is 4.42 Å². The van der Waals surface area contributed by atoms with Crippen LogP contribution in [-0.4, -0.2) is 6.54 Å². The second-order valence-electron chi connectivity index (χ2n) is 4.19. The molecule has 1 rings (SSSR count). The summed E-state index contributed by atoms with van der Waals surface area (Å²) in [6.07, 6.45) is 5.93. The molecule has 1 aromatic rings. The van der Waals surface area contributed by atoms with Crippen LogP contribution in [0.5, 0.6) is 0 Å². The first-order valence-corrected chi connectivity index (χ1v) is 5.49. The summed E-state index contributed by atoms with van der Waals surface area (Å²) in [4.78, 5) is 0. The van der Waals surface area contributed by atoms with Gasteiger partial charge >= 0.3 is 0 Å². The van der Waals surface area contributed by atoms with E-state index in [4.69, 9.17) is 4.42 Å². The molecule has 0 bridgehead atoms. The van der Waals surface area contributed by atoms with Gasteiger partial charge in [0.2, 0.25) is 0 Å². The molecular formula is C12H21NO. The van der Waals surface area contributed by atoms with E-state index in [1.165, 1.54) is 18.4 Å². The summed E-state index contributed by atoms with van der Waals surface area (Å²) in [7, 11) is 0. The fourth-order valence-electron chi connectivity index (χ4n) is 1.60. The van der Waals surface area contributed by atoms with Crippen LogP contribution in [0.4, 0.5) is 0 Å². The molecule has 1 N–H and O–H groups in total. The van der Waals surface area contributed by atoms with Gasteiger partial charge in [-0.1, -0.05) is 20.8 Å². The van der Waals surface area contributed by atoms with E-state index < -0.39 is 0 Å². The van der Waals surface area contributed by atoms with Crippen molar-refractivity contribution in [1.29, 1.82) is 0 Å². The average Bonchev–Trinajstić information content (AvgIpc) is 2.64. The summed E-state index contributed by atoms with van der Waals surface area (Å²) in [6, 6.07) is 2.50. The number of rotatable bonds is 6. The zero-order valence-corrected chi connectivity index (χ0v) is 9.42. The third kappa shape index (κ3) is 3.54. The van der Waals surface area contributed by atoms with Gasteiger partial charge in [0.1, 0.15) is 0 Å². The van der Waals surface area contributed by atoms with Crippen LogP contribution in [0, 0.1) is 5.92 Å². The van der Waals surface area contributed by atoms with Gasteiger partial charge in [0, 0.05) is 11.6 Å². The Labute approximate surface area is 86.7 Å². The normalized spacial score (nSPS) is 13.4. The lowest BCUT2D eigenvalue weighted by molar-refractivity contribution is 0.426. The van der Waals surface area contributed by atoms with E-state index in [0.717, 1.165) is 6.54 Å². The van der Waals surface area contributed by atoms with Gasteiger partial charge in [-0.3, -0.25) is 0 Å². The quantitative estimate of drug-likeness (QED) is 0.753. The Hall–Kier alpha value is -0.760. The molecule has 0 radical (unpaired) electrons. The smallest absolute Gasteiger partial charge is 0.0950 e. The van der Waals surface area contributed by atoms with Crippen LogP contribution < -0.4 is 5.32 Å². The fourth-order valence-corrected chi connectivity index (χ4v) is 1.60. The molecule has 2 heteroatoms. The summed E-state index contributed by atoms with van der Waals surface area (Å²) >= 11 is 0. The lowest BCUT2D eigenvalue weighted by atomic mass is 9.99. The molecule has 0 aromatic carbocycles. The lowest BCUT2D eigenvalue weighted by Gasteiger charge is -2.18. The summed E-state index contributed by atoms with van der Waals surface area (Å²) < 4.78 is 5.12. The van der Waals surface area contributed by atoms with E-state index >= 15 is 0 Å². The SMILES string of the molecule is CCCNC(CC(C)C)c1ccoc1. The fraction of sp³-hybridized carbons (Fsp3) is 0.667. The highest BCUT2D eigenvalue weighted by atomic mass is 16.3. The van der Waals surface area contributed by atoms with E-state index in [0.29, 0.717) is 12.0 Å². The van der Waals surface area contributed by atoms with Crippen molar-refractivity contribution >= 4 is 0 Å². The van der Waals surface area contributed by atoms with Gasteiger partial charge in [-0.15, -0.1) is 0 Å². The van der Waals surface area contributed by atoms with Crippen LogP contribution >= 0.6 is 0 Å². The minimum Gasteiger partial charge on any atom is -0.472 e. The molecule has 0 spiro atoms. The first-order chi connectivity index (χ1) is 6.74. The minimum atomic E-state index is 0.452. The Morgan fingerprint density at radius 1 is 1.43 bits per heavy atom. The lowest BCUT2D eigenvalue weighted by Crippen LogP contribution is -2.23. The van der Waals surface area contributed by atoms with Crippen LogP contribution in [0.25, 0.3) is 0 Å². The second kappa shape index (κ2) is 5.86. The topological polar surface area (TPSA) is 25.2 Å². The summed E-state index contributed by atoms with van der Waals surface area (Å²) in [5.74, 6) is 0.708. The van der Waals surface area contributed by atoms with Crippen molar-refractivity contribution in [2.45, 2.75) is 39.7 Å². The van der Waals surface area contributed by atoms with Crippen molar-refractivity contribution in [1.82, 2.24) is 5.32 Å². The Morgan fingerprint density at radius 2 is 2.21 bits per heavy atom. The second-order valence-corrected chi connectivity index (χ2v) is 4.19. The standard InChI is InChI=1S/C12H21NO/c1-4-6-13-12(8-10(2)3)11-5-7-14-9-11/h5,7,9-10,12-13H,4,6,8H2,1-3H3. The molecule has 0 aliphatic heterocycles. The van der Waals surface area contributed by atoms with Crippen LogP contribution in [0.15, 0.2) is 23.0 Å². The Bertz CT molecular complexity index is 228. The number of nitrogens with one attached hydrogen (secondary N) is 1. The maximum absolute atomic E-state index is 5.12. The van der Waals surface area contributed by atoms with E-state index in [1.54, 1.807) is 6.26 Å². The maximum atomic E-state index is 5.12. The molecule has 1 heterocycles. The molecule has 14 heavy (non-hydrogen) atoms. The Balaban J connectivity index is 2.53. The third-order valence-corrected chi connectivity index (χ3v) is 2.29. The molecule has 0 saturated carbocycles.